The summed E-state index contributed by atoms with van der Waals surface area (Å²) in [7, 11) is 0. The maximum atomic E-state index is 9.37. The van der Waals surface area contributed by atoms with E-state index in [1.165, 1.54) is 10.9 Å². The van der Waals surface area contributed by atoms with E-state index in [0.717, 1.165) is 0 Å². The molecule has 0 fully saturated rings. The number of rotatable bonds is 1. The molecule has 0 aliphatic rings. The summed E-state index contributed by atoms with van der Waals surface area (Å²) in [5, 5.41) is 9.58. The van der Waals surface area contributed by atoms with Crippen molar-refractivity contribution in [1.29, 1.82) is 0 Å². The van der Waals surface area contributed by atoms with E-state index < -0.39 is 6.23 Å². The lowest BCUT2D eigenvalue weighted by molar-refractivity contribution is 0.128. The SMILES string of the molecule is CC(O)n1cnc2c(Cl)nc(Cl)nc21. The first-order valence-corrected chi connectivity index (χ1v) is 4.59. The van der Waals surface area contributed by atoms with Crippen molar-refractivity contribution in [2.45, 2.75) is 13.2 Å². The van der Waals surface area contributed by atoms with Gasteiger partial charge in [0.15, 0.2) is 10.8 Å². The minimum absolute atomic E-state index is 0.0323. The van der Waals surface area contributed by atoms with Crippen molar-refractivity contribution in [2.75, 3.05) is 0 Å². The van der Waals surface area contributed by atoms with Crippen LogP contribution in [0.1, 0.15) is 13.2 Å². The molecule has 5 nitrogen and oxygen atoms in total. The van der Waals surface area contributed by atoms with Crippen LogP contribution in [0.4, 0.5) is 0 Å². The number of aliphatic hydroxyl groups is 1. The Bertz CT molecular complexity index is 482. The third-order valence-corrected chi connectivity index (χ3v) is 2.19. The highest BCUT2D eigenvalue weighted by molar-refractivity contribution is 6.35. The van der Waals surface area contributed by atoms with Crippen molar-refractivity contribution < 1.29 is 5.11 Å². The normalized spacial score (nSPS) is 13.4. The number of aromatic nitrogens is 4. The maximum absolute atomic E-state index is 9.37. The average Bonchev–Trinajstić information content (AvgIpc) is 2.47. The number of hydrogen-bond donors (Lipinski definition) is 1. The molecule has 1 N–H and O–H groups in total. The number of nitrogens with zero attached hydrogens (tertiary/aromatic N) is 4. The number of imidazole rings is 1. The molecule has 0 bridgehead atoms. The molecule has 2 aromatic heterocycles. The predicted molar refractivity (Wildman–Crippen MR) is 52.3 cm³/mol. The monoisotopic (exact) mass is 232 g/mol. The lowest BCUT2D eigenvalue weighted by atomic mass is 10.5. The summed E-state index contributed by atoms with van der Waals surface area (Å²) in [5.41, 5.74) is 0.849. The first-order valence-electron chi connectivity index (χ1n) is 3.83. The summed E-state index contributed by atoms with van der Waals surface area (Å²) in [6.45, 7) is 1.59. The number of fused-ring (bicyclic) bond motifs is 1. The van der Waals surface area contributed by atoms with Crippen LogP contribution in [0.15, 0.2) is 6.33 Å². The van der Waals surface area contributed by atoms with Gasteiger partial charge < -0.3 is 5.11 Å². The van der Waals surface area contributed by atoms with Crippen LogP contribution in [-0.2, 0) is 0 Å². The highest BCUT2D eigenvalue weighted by Gasteiger charge is 2.12. The molecule has 0 spiro atoms. The van der Waals surface area contributed by atoms with Crippen LogP contribution >= 0.6 is 23.2 Å². The minimum atomic E-state index is -0.734. The van der Waals surface area contributed by atoms with Gasteiger partial charge in [-0.05, 0) is 18.5 Å². The van der Waals surface area contributed by atoms with Crippen molar-refractivity contribution in [3.8, 4) is 0 Å². The Morgan fingerprint density at radius 1 is 1.43 bits per heavy atom. The molecule has 2 heterocycles. The van der Waals surface area contributed by atoms with Crippen molar-refractivity contribution in [3.63, 3.8) is 0 Å². The van der Waals surface area contributed by atoms with Gasteiger partial charge in [-0.2, -0.15) is 4.98 Å². The van der Waals surface area contributed by atoms with Gasteiger partial charge in [0.05, 0.1) is 6.33 Å². The maximum Gasteiger partial charge on any atom is 0.225 e. The predicted octanol–water partition coefficient (Wildman–Crippen LogP) is 1.64. The van der Waals surface area contributed by atoms with E-state index in [1.54, 1.807) is 6.92 Å². The summed E-state index contributed by atoms with van der Waals surface area (Å²) in [6.07, 6.45) is 0.702. The van der Waals surface area contributed by atoms with Crippen LogP contribution in [0, 0.1) is 0 Å². The topological polar surface area (TPSA) is 63.8 Å². The number of aliphatic hydroxyl groups excluding tert-OH is 1. The third-order valence-electron chi connectivity index (χ3n) is 1.75. The van der Waals surface area contributed by atoms with Crippen LogP contribution < -0.4 is 0 Å². The molecule has 1 unspecified atom stereocenters. The Balaban J connectivity index is 2.78. The fourth-order valence-corrected chi connectivity index (χ4v) is 1.55. The zero-order valence-corrected chi connectivity index (χ0v) is 8.66. The van der Waals surface area contributed by atoms with Crippen molar-refractivity contribution in [1.82, 2.24) is 19.5 Å². The van der Waals surface area contributed by atoms with Crippen molar-refractivity contribution >= 4 is 34.4 Å². The van der Waals surface area contributed by atoms with Crippen molar-refractivity contribution in [3.05, 3.63) is 16.8 Å². The zero-order chi connectivity index (χ0) is 10.3. The van der Waals surface area contributed by atoms with E-state index in [0.29, 0.717) is 11.2 Å². The molecule has 2 rings (SSSR count). The molecular formula is C7H6Cl2N4O. The molecule has 0 aromatic carbocycles. The van der Waals surface area contributed by atoms with Gasteiger partial charge in [0.25, 0.3) is 0 Å². The van der Waals surface area contributed by atoms with E-state index in [4.69, 9.17) is 23.2 Å². The molecule has 0 saturated heterocycles. The fourth-order valence-electron chi connectivity index (χ4n) is 1.13. The van der Waals surface area contributed by atoms with Gasteiger partial charge in [-0.15, -0.1) is 0 Å². The van der Waals surface area contributed by atoms with Crippen LogP contribution in [0.5, 0.6) is 0 Å². The first kappa shape index (κ1) is 9.64. The summed E-state index contributed by atoms with van der Waals surface area (Å²) >= 11 is 11.4. The molecule has 0 aliphatic carbocycles. The summed E-state index contributed by atoms with van der Waals surface area (Å²) in [6, 6.07) is 0. The van der Waals surface area contributed by atoms with E-state index in [1.807, 2.05) is 0 Å². The Hall–Kier alpha value is -0.910. The summed E-state index contributed by atoms with van der Waals surface area (Å²) in [5.74, 6) is 0. The van der Waals surface area contributed by atoms with Crippen LogP contribution in [0.2, 0.25) is 10.4 Å². The second kappa shape index (κ2) is 3.34. The molecule has 74 valence electrons. The van der Waals surface area contributed by atoms with E-state index in [2.05, 4.69) is 15.0 Å². The Morgan fingerprint density at radius 2 is 2.14 bits per heavy atom. The van der Waals surface area contributed by atoms with E-state index in [9.17, 15) is 5.11 Å². The lowest BCUT2D eigenvalue weighted by Gasteiger charge is -2.05. The number of halogens is 2. The minimum Gasteiger partial charge on any atom is -0.373 e. The highest BCUT2D eigenvalue weighted by Crippen LogP contribution is 2.22. The van der Waals surface area contributed by atoms with Gasteiger partial charge in [-0.3, -0.25) is 4.57 Å². The van der Waals surface area contributed by atoms with Crippen molar-refractivity contribution in [2.24, 2.45) is 0 Å². The van der Waals surface area contributed by atoms with Gasteiger partial charge in [0.1, 0.15) is 11.7 Å². The quantitative estimate of drug-likeness (QED) is 0.600. The second-order valence-electron chi connectivity index (χ2n) is 2.74. The van der Waals surface area contributed by atoms with Gasteiger partial charge in [0, 0.05) is 0 Å². The Morgan fingerprint density at radius 3 is 2.79 bits per heavy atom. The highest BCUT2D eigenvalue weighted by atomic mass is 35.5. The van der Waals surface area contributed by atoms with E-state index in [-0.39, 0.29) is 10.4 Å². The molecule has 0 radical (unpaired) electrons. The summed E-state index contributed by atoms with van der Waals surface area (Å²) in [4.78, 5) is 11.6. The number of hydrogen-bond acceptors (Lipinski definition) is 4. The largest absolute Gasteiger partial charge is 0.373 e. The fraction of sp³-hybridized carbons (Fsp3) is 0.286. The molecule has 1 atom stereocenters. The standard InChI is InChI=1S/C7H6Cl2N4O/c1-3(14)13-2-10-4-5(8)11-7(9)12-6(4)13/h2-3,14H,1H3. The summed E-state index contributed by atoms with van der Waals surface area (Å²) < 4.78 is 1.45. The molecule has 2 aromatic rings. The Labute approximate surface area is 89.3 Å². The molecule has 0 saturated carbocycles. The molecule has 14 heavy (non-hydrogen) atoms. The molecular weight excluding hydrogens is 227 g/mol. The molecule has 0 amide bonds. The third kappa shape index (κ3) is 1.43. The Kier molecular flexibility index (Phi) is 2.30. The smallest absolute Gasteiger partial charge is 0.225 e. The zero-order valence-electron chi connectivity index (χ0n) is 7.15. The average molecular weight is 233 g/mol. The lowest BCUT2D eigenvalue weighted by Crippen LogP contribution is -2.03. The van der Waals surface area contributed by atoms with Crippen LogP contribution in [-0.4, -0.2) is 24.6 Å². The van der Waals surface area contributed by atoms with Gasteiger partial charge in [-0.1, -0.05) is 11.6 Å². The van der Waals surface area contributed by atoms with Crippen LogP contribution in [0.25, 0.3) is 11.2 Å². The van der Waals surface area contributed by atoms with Crippen LogP contribution in [0.3, 0.4) is 0 Å². The van der Waals surface area contributed by atoms with Gasteiger partial charge in [-0.25, -0.2) is 9.97 Å². The van der Waals surface area contributed by atoms with Gasteiger partial charge in [0.2, 0.25) is 5.28 Å². The molecule has 0 aliphatic heterocycles. The van der Waals surface area contributed by atoms with Gasteiger partial charge >= 0.3 is 0 Å². The second-order valence-corrected chi connectivity index (χ2v) is 3.44. The van der Waals surface area contributed by atoms with E-state index >= 15 is 0 Å². The molecule has 7 heteroatoms. The first-order chi connectivity index (χ1) is 6.59.